The third-order valence-electron chi connectivity index (χ3n) is 5.04. The summed E-state index contributed by atoms with van der Waals surface area (Å²) in [6.45, 7) is 4.14. The molecule has 3 aromatic rings. The number of fused-ring (bicyclic) bond motifs is 1. The second-order valence-corrected chi connectivity index (χ2v) is 6.75. The summed E-state index contributed by atoms with van der Waals surface area (Å²) in [7, 11) is 0. The Hall–Kier alpha value is -2.73. The first-order chi connectivity index (χ1) is 12.7. The van der Waals surface area contributed by atoms with E-state index in [0.29, 0.717) is 25.2 Å². The third-order valence-corrected chi connectivity index (χ3v) is 5.04. The minimum Gasteiger partial charge on any atom is -0.339 e. The van der Waals surface area contributed by atoms with Crippen LogP contribution >= 0.6 is 0 Å². The van der Waals surface area contributed by atoms with Crippen LogP contribution in [-0.4, -0.2) is 44.7 Å². The maximum atomic E-state index is 13.2. The number of likely N-dealkylation sites (tertiary alicyclic amines) is 1. The van der Waals surface area contributed by atoms with Crippen LogP contribution in [0.15, 0.2) is 42.6 Å². The van der Waals surface area contributed by atoms with E-state index in [0.717, 1.165) is 35.1 Å². The van der Waals surface area contributed by atoms with Crippen molar-refractivity contribution in [1.82, 2.24) is 19.7 Å². The summed E-state index contributed by atoms with van der Waals surface area (Å²) < 4.78 is 1.84. The average molecular weight is 349 g/mol. The summed E-state index contributed by atoms with van der Waals surface area (Å²) in [6.07, 6.45) is 3.45. The number of carbonyl (C=O) groups excluding carboxylic acids is 1. The molecular formula is C20H23N5O. The Morgan fingerprint density at radius 1 is 1.23 bits per heavy atom. The molecule has 1 aliphatic rings. The van der Waals surface area contributed by atoms with Gasteiger partial charge in [-0.3, -0.25) is 4.79 Å². The van der Waals surface area contributed by atoms with Crippen LogP contribution in [0.4, 0.5) is 0 Å². The van der Waals surface area contributed by atoms with Crippen LogP contribution in [0, 0.1) is 0 Å². The number of aryl methyl sites for hydroxylation is 1. The van der Waals surface area contributed by atoms with Crippen LogP contribution in [0.1, 0.15) is 30.1 Å². The lowest BCUT2D eigenvalue weighted by molar-refractivity contribution is 0.0716. The molecule has 1 aromatic carbocycles. The highest BCUT2D eigenvalue weighted by atomic mass is 16.2. The highest BCUT2D eigenvalue weighted by molar-refractivity contribution is 6.06. The van der Waals surface area contributed by atoms with E-state index in [-0.39, 0.29) is 11.9 Å². The largest absolute Gasteiger partial charge is 0.339 e. The molecule has 6 heteroatoms. The van der Waals surface area contributed by atoms with Crippen molar-refractivity contribution in [2.75, 3.05) is 13.1 Å². The monoisotopic (exact) mass is 349 g/mol. The first kappa shape index (κ1) is 16.7. The Labute approximate surface area is 152 Å². The first-order valence-corrected chi connectivity index (χ1v) is 9.14. The molecule has 0 saturated carbocycles. The molecule has 1 amide bonds. The van der Waals surface area contributed by atoms with E-state index in [4.69, 9.17) is 10.7 Å². The number of amides is 1. The summed E-state index contributed by atoms with van der Waals surface area (Å²) in [5.74, 6) is 0.0390. The van der Waals surface area contributed by atoms with E-state index >= 15 is 0 Å². The van der Waals surface area contributed by atoms with Crippen molar-refractivity contribution in [3.05, 3.63) is 48.2 Å². The van der Waals surface area contributed by atoms with Crippen molar-refractivity contribution in [3.8, 4) is 11.3 Å². The number of nitrogens with two attached hydrogens (primary N) is 1. The fourth-order valence-electron chi connectivity index (χ4n) is 3.49. The first-order valence-electron chi connectivity index (χ1n) is 9.14. The van der Waals surface area contributed by atoms with Crippen LogP contribution in [0.5, 0.6) is 0 Å². The smallest absolute Gasteiger partial charge is 0.254 e. The predicted octanol–water partition coefficient (Wildman–Crippen LogP) is 2.68. The molecule has 4 rings (SSSR count). The standard InChI is InChI=1S/C20H23N5O/c1-2-25-19-17(13-22-25)16(20(26)24-10-8-15(21)9-11-24)12-18(23-19)14-6-4-3-5-7-14/h3-7,12-13,15H,2,8-11,21H2,1H3. The summed E-state index contributed by atoms with van der Waals surface area (Å²) >= 11 is 0. The van der Waals surface area contributed by atoms with Crippen LogP contribution in [0.25, 0.3) is 22.3 Å². The number of hydrogen-bond donors (Lipinski definition) is 1. The van der Waals surface area contributed by atoms with E-state index in [1.54, 1.807) is 6.20 Å². The van der Waals surface area contributed by atoms with Crippen LogP contribution in [0.3, 0.4) is 0 Å². The molecule has 0 bridgehead atoms. The number of aromatic nitrogens is 3. The third kappa shape index (κ3) is 2.97. The van der Waals surface area contributed by atoms with Gasteiger partial charge in [0, 0.05) is 31.2 Å². The molecule has 2 aromatic heterocycles. The van der Waals surface area contributed by atoms with Crippen molar-refractivity contribution in [3.63, 3.8) is 0 Å². The molecule has 134 valence electrons. The average Bonchev–Trinajstić information content (AvgIpc) is 3.11. The lowest BCUT2D eigenvalue weighted by atomic mass is 10.0. The van der Waals surface area contributed by atoms with E-state index < -0.39 is 0 Å². The maximum Gasteiger partial charge on any atom is 0.254 e. The number of nitrogens with zero attached hydrogens (tertiary/aromatic N) is 4. The van der Waals surface area contributed by atoms with Gasteiger partial charge >= 0.3 is 0 Å². The summed E-state index contributed by atoms with van der Waals surface area (Å²) in [4.78, 5) is 19.9. The van der Waals surface area contributed by atoms with Gasteiger partial charge in [0.25, 0.3) is 5.91 Å². The molecule has 0 radical (unpaired) electrons. The van der Waals surface area contributed by atoms with Gasteiger partial charge in [-0.15, -0.1) is 0 Å². The zero-order valence-electron chi connectivity index (χ0n) is 14.9. The Balaban J connectivity index is 1.82. The molecule has 1 fully saturated rings. The van der Waals surface area contributed by atoms with Gasteiger partial charge in [0.15, 0.2) is 5.65 Å². The van der Waals surface area contributed by atoms with Crippen LogP contribution in [0.2, 0.25) is 0 Å². The number of hydrogen-bond acceptors (Lipinski definition) is 4. The molecular weight excluding hydrogens is 326 g/mol. The van der Waals surface area contributed by atoms with Gasteiger partial charge in [0.05, 0.1) is 22.8 Å². The molecule has 0 spiro atoms. The van der Waals surface area contributed by atoms with Gasteiger partial charge in [-0.1, -0.05) is 30.3 Å². The van der Waals surface area contributed by atoms with Crippen LogP contribution in [-0.2, 0) is 6.54 Å². The number of pyridine rings is 1. The van der Waals surface area contributed by atoms with E-state index in [9.17, 15) is 4.79 Å². The summed E-state index contributed by atoms with van der Waals surface area (Å²) in [5.41, 5.74) is 9.20. The Morgan fingerprint density at radius 3 is 2.65 bits per heavy atom. The molecule has 3 heterocycles. The minimum absolute atomic E-state index is 0.0390. The highest BCUT2D eigenvalue weighted by Gasteiger charge is 2.25. The normalized spacial score (nSPS) is 15.5. The zero-order chi connectivity index (χ0) is 18.1. The van der Waals surface area contributed by atoms with E-state index in [1.165, 1.54) is 0 Å². The quantitative estimate of drug-likeness (QED) is 0.789. The van der Waals surface area contributed by atoms with Gasteiger partial charge in [0.2, 0.25) is 0 Å². The molecule has 26 heavy (non-hydrogen) atoms. The second kappa shape index (κ2) is 6.88. The van der Waals surface area contributed by atoms with Crippen molar-refractivity contribution < 1.29 is 4.79 Å². The highest BCUT2D eigenvalue weighted by Crippen LogP contribution is 2.26. The van der Waals surface area contributed by atoms with Gasteiger partial charge in [-0.05, 0) is 25.8 Å². The van der Waals surface area contributed by atoms with E-state index in [2.05, 4.69) is 5.10 Å². The minimum atomic E-state index is 0.0390. The van der Waals surface area contributed by atoms with E-state index in [1.807, 2.05) is 52.9 Å². The number of rotatable bonds is 3. The SMILES string of the molecule is CCn1ncc2c(C(=O)N3CCC(N)CC3)cc(-c3ccccc3)nc21. The Bertz CT molecular complexity index is 926. The van der Waals surface area contributed by atoms with Gasteiger partial charge in [-0.2, -0.15) is 5.10 Å². The molecule has 0 atom stereocenters. The zero-order valence-corrected chi connectivity index (χ0v) is 14.9. The lowest BCUT2D eigenvalue weighted by Crippen LogP contribution is -2.42. The van der Waals surface area contributed by atoms with Crippen molar-refractivity contribution in [2.45, 2.75) is 32.4 Å². The van der Waals surface area contributed by atoms with Gasteiger partial charge < -0.3 is 10.6 Å². The van der Waals surface area contributed by atoms with Gasteiger partial charge in [0.1, 0.15) is 0 Å². The fourth-order valence-corrected chi connectivity index (χ4v) is 3.49. The molecule has 2 N–H and O–H groups in total. The number of carbonyl (C=O) groups is 1. The van der Waals surface area contributed by atoms with Gasteiger partial charge in [-0.25, -0.2) is 9.67 Å². The van der Waals surface area contributed by atoms with Crippen molar-refractivity contribution in [2.24, 2.45) is 5.73 Å². The molecule has 1 saturated heterocycles. The predicted molar refractivity (Wildman–Crippen MR) is 102 cm³/mol. The number of piperidine rings is 1. The topological polar surface area (TPSA) is 77.0 Å². The van der Waals surface area contributed by atoms with Crippen molar-refractivity contribution >= 4 is 16.9 Å². The Morgan fingerprint density at radius 2 is 1.96 bits per heavy atom. The van der Waals surface area contributed by atoms with Crippen LogP contribution < -0.4 is 5.73 Å². The summed E-state index contributed by atoms with van der Waals surface area (Å²) in [6, 6.07) is 12.0. The number of benzene rings is 1. The summed E-state index contributed by atoms with van der Waals surface area (Å²) in [5, 5.41) is 5.22. The maximum absolute atomic E-state index is 13.2. The molecule has 6 nitrogen and oxygen atoms in total. The molecule has 0 unspecified atom stereocenters. The lowest BCUT2D eigenvalue weighted by Gasteiger charge is -2.30. The molecule has 1 aliphatic heterocycles. The second-order valence-electron chi connectivity index (χ2n) is 6.75. The fraction of sp³-hybridized carbons (Fsp3) is 0.350. The Kier molecular flexibility index (Phi) is 4.42. The molecule has 0 aliphatic carbocycles. The van der Waals surface area contributed by atoms with Crippen molar-refractivity contribution in [1.29, 1.82) is 0 Å².